The molecule has 0 unspecified atom stereocenters. The van der Waals surface area contributed by atoms with Gasteiger partial charge in [0.1, 0.15) is 24.1 Å². The molecule has 0 saturated heterocycles. The number of anilines is 1. The monoisotopic (exact) mass is 505 g/mol. The standard InChI is InChI=1S/C25H35N3O6S/c1-6-21(25(30)26-7-2)27(16-15-19-11-9-8-10-12-19)24(29)18-28(35(5,31)32)22-14-13-20(33-3)17-23(22)34-4/h8-14,17,21H,6-7,15-16,18H2,1-5H3,(H,26,30)/t21-/m1/s1. The molecule has 10 heteroatoms. The van der Waals surface area contributed by atoms with Gasteiger partial charge < -0.3 is 19.7 Å². The summed E-state index contributed by atoms with van der Waals surface area (Å²) in [5, 5.41) is 2.78. The number of rotatable bonds is 13. The number of nitrogens with zero attached hydrogens (tertiary/aromatic N) is 2. The van der Waals surface area contributed by atoms with Crippen molar-refractivity contribution in [2.75, 3.05) is 44.4 Å². The van der Waals surface area contributed by atoms with Crippen molar-refractivity contribution in [3.05, 3.63) is 54.1 Å². The van der Waals surface area contributed by atoms with Gasteiger partial charge in [-0.25, -0.2) is 8.42 Å². The van der Waals surface area contributed by atoms with Crippen molar-refractivity contribution in [1.82, 2.24) is 10.2 Å². The molecule has 0 spiro atoms. The summed E-state index contributed by atoms with van der Waals surface area (Å²) in [5.41, 5.74) is 1.21. The van der Waals surface area contributed by atoms with Gasteiger partial charge in [-0.1, -0.05) is 37.3 Å². The van der Waals surface area contributed by atoms with Crippen molar-refractivity contribution in [2.24, 2.45) is 0 Å². The van der Waals surface area contributed by atoms with E-state index in [1.165, 1.54) is 25.2 Å². The van der Waals surface area contributed by atoms with Crippen molar-refractivity contribution >= 4 is 27.5 Å². The molecule has 2 rings (SSSR count). The normalized spacial score (nSPS) is 11.9. The van der Waals surface area contributed by atoms with Gasteiger partial charge in [-0.3, -0.25) is 13.9 Å². The molecular weight excluding hydrogens is 470 g/mol. The van der Waals surface area contributed by atoms with E-state index in [1.54, 1.807) is 12.1 Å². The van der Waals surface area contributed by atoms with Gasteiger partial charge in [0.15, 0.2) is 0 Å². The highest BCUT2D eigenvalue weighted by atomic mass is 32.2. The van der Waals surface area contributed by atoms with Crippen LogP contribution in [0.5, 0.6) is 11.5 Å². The molecule has 0 aliphatic rings. The maximum Gasteiger partial charge on any atom is 0.244 e. The van der Waals surface area contributed by atoms with Crippen LogP contribution < -0.4 is 19.1 Å². The molecule has 2 aromatic rings. The predicted molar refractivity (Wildman–Crippen MR) is 136 cm³/mol. The molecule has 2 amide bonds. The van der Waals surface area contributed by atoms with Crippen molar-refractivity contribution in [2.45, 2.75) is 32.7 Å². The van der Waals surface area contributed by atoms with Crippen LogP contribution in [-0.4, -0.2) is 71.3 Å². The van der Waals surface area contributed by atoms with Crippen LogP contribution in [0.4, 0.5) is 5.69 Å². The van der Waals surface area contributed by atoms with Crippen LogP contribution in [0, 0.1) is 0 Å². The van der Waals surface area contributed by atoms with E-state index in [0.717, 1.165) is 16.1 Å². The van der Waals surface area contributed by atoms with Crippen LogP contribution in [0.15, 0.2) is 48.5 Å². The average Bonchev–Trinajstić information content (AvgIpc) is 2.84. The van der Waals surface area contributed by atoms with Gasteiger partial charge in [-0.05, 0) is 37.5 Å². The lowest BCUT2D eigenvalue weighted by molar-refractivity contribution is -0.139. The van der Waals surface area contributed by atoms with Crippen LogP contribution in [-0.2, 0) is 26.0 Å². The summed E-state index contributed by atoms with van der Waals surface area (Å²) >= 11 is 0. The van der Waals surface area contributed by atoms with Gasteiger partial charge in [-0.15, -0.1) is 0 Å². The Morgan fingerprint density at radius 3 is 2.26 bits per heavy atom. The van der Waals surface area contributed by atoms with Gasteiger partial charge in [0.2, 0.25) is 21.8 Å². The number of ether oxygens (including phenoxy) is 2. The van der Waals surface area contributed by atoms with Gasteiger partial charge in [0.05, 0.1) is 26.2 Å². The summed E-state index contributed by atoms with van der Waals surface area (Å²) in [6.07, 6.45) is 1.93. The average molecular weight is 506 g/mol. The first-order valence-corrected chi connectivity index (χ1v) is 13.3. The van der Waals surface area contributed by atoms with Crippen molar-refractivity contribution < 1.29 is 27.5 Å². The van der Waals surface area contributed by atoms with E-state index >= 15 is 0 Å². The molecule has 0 radical (unpaired) electrons. The number of hydrogen-bond acceptors (Lipinski definition) is 6. The van der Waals surface area contributed by atoms with E-state index in [2.05, 4.69) is 5.32 Å². The Morgan fingerprint density at radius 1 is 1.03 bits per heavy atom. The number of methoxy groups -OCH3 is 2. The van der Waals surface area contributed by atoms with Crippen LogP contribution in [0.25, 0.3) is 0 Å². The lowest BCUT2D eigenvalue weighted by Gasteiger charge is -2.33. The molecule has 192 valence electrons. The molecule has 0 aliphatic carbocycles. The smallest absolute Gasteiger partial charge is 0.244 e. The number of hydrogen-bond donors (Lipinski definition) is 1. The second-order valence-electron chi connectivity index (χ2n) is 7.95. The Morgan fingerprint density at radius 2 is 1.71 bits per heavy atom. The maximum atomic E-state index is 13.6. The third-order valence-corrected chi connectivity index (χ3v) is 6.68. The highest BCUT2D eigenvalue weighted by Crippen LogP contribution is 2.33. The van der Waals surface area contributed by atoms with E-state index in [9.17, 15) is 18.0 Å². The van der Waals surface area contributed by atoms with Crippen LogP contribution in [0.2, 0.25) is 0 Å². The number of nitrogens with one attached hydrogen (secondary N) is 1. The molecule has 35 heavy (non-hydrogen) atoms. The van der Waals surface area contributed by atoms with E-state index in [1.807, 2.05) is 44.2 Å². The Hall–Kier alpha value is -3.27. The second-order valence-corrected chi connectivity index (χ2v) is 9.86. The first-order chi connectivity index (χ1) is 16.7. The van der Waals surface area contributed by atoms with Crippen LogP contribution in [0.1, 0.15) is 25.8 Å². The highest BCUT2D eigenvalue weighted by molar-refractivity contribution is 7.92. The molecule has 0 aliphatic heterocycles. The zero-order valence-electron chi connectivity index (χ0n) is 21.0. The summed E-state index contributed by atoms with van der Waals surface area (Å²) in [7, 11) is -0.963. The summed E-state index contributed by atoms with van der Waals surface area (Å²) < 4.78 is 37.1. The number of sulfonamides is 1. The van der Waals surface area contributed by atoms with Gasteiger partial charge in [0, 0.05) is 19.2 Å². The largest absolute Gasteiger partial charge is 0.497 e. The fourth-order valence-electron chi connectivity index (χ4n) is 3.77. The fourth-order valence-corrected chi connectivity index (χ4v) is 4.63. The summed E-state index contributed by atoms with van der Waals surface area (Å²) in [6.45, 7) is 3.84. The molecule has 0 heterocycles. The molecule has 0 saturated carbocycles. The third kappa shape index (κ3) is 7.61. The maximum absolute atomic E-state index is 13.6. The molecule has 1 atom stereocenters. The van der Waals surface area contributed by atoms with Gasteiger partial charge in [-0.2, -0.15) is 0 Å². The van der Waals surface area contributed by atoms with E-state index in [4.69, 9.17) is 9.47 Å². The number of carbonyl (C=O) groups is 2. The minimum atomic E-state index is -3.86. The number of likely N-dealkylation sites (N-methyl/N-ethyl adjacent to an activating group) is 1. The Labute approximate surface area is 208 Å². The SMILES string of the molecule is CCNC(=O)[C@@H](CC)N(CCc1ccccc1)C(=O)CN(c1ccc(OC)cc1OC)S(C)(=O)=O. The topological polar surface area (TPSA) is 105 Å². The lowest BCUT2D eigenvalue weighted by atomic mass is 10.1. The molecular formula is C25H35N3O6S. The lowest BCUT2D eigenvalue weighted by Crippen LogP contribution is -2.53. The van der Waals surface area contributed by atoms with E-state index in [-0.39, 0.29) is 23.9 Å². The van der Waals surface area contributed by atoms with Gasteiger partial charge in [0.25, 0.3) is 0 Å². The zero-order chi connectivity index (χ0) is 26.0. The minimum absolute atomic E-state index is 0.207. The van der Waals surface area contributed by atoms with Crippen molar-refractivity contribution in [3.63, 3.8) is 0 Å². The number of benzene rings is 2. The predicted octanol–water partition coefficient (Wildman–Crippen LogP) is 2.46. The Balaban J connectivity index is 2.42. The number of carbonyl (C=O) groups excluding carboxylic acids is 2. The Kier molecular flexibility index (Phi) is 10.4. The molecule has 0 bridgehead atoms. The molecule has 0 fully saturated rings. The summed E-state index contributed by atoms with van der Waals surface area (Å²) in [4.78, 5) is 27.8. The van der Waals surface area contributed by atoms with Crippen LogP contribution >= 0.6 is 0 Å². The second kappa shape index (κ2) is 13.0. The first-order valence-electron chi connectivity index (χ1n) is 11.5. The van der Waals surface area contributed by atoms with Crippen molar-refractivity contribution in [3.8, 4) is 11.5 Å². The summed E-state index contributed by atoms with van der Waals surface area (Å²) in [6, 6.07) is 13.6. The first kappa shape index (κ1) is 28.0. The molecule has 0 aromatic heterocycles. The quantitative estimate of drug-likeness (QED) is 0.448. The van der Waals surface area contributed by atoms with E-state index in [0.29, 0.717) is 25.1 Å². The molecule has 9 nitrogen and oxygen atoms in total. The highest BCUT2D eigenvalue weighted by Gasteiger charge is 2.32. The number of amides is 2. The van der Waals surface area contributed by atoms with Crippen LogP contribution in [0.3, 0.4) is 0 Å². The molecule has 1 N–H and O–H groups in total. The zero-order valence-corrected chi connectivity index (χ0v) is 21.8. The Bertz CT molecular complexity index is 1090. The molecule has 2 aromatic carbocycles. The van der Waals surface area contributed by atoms with Gasteiger partial charge >= 0.3 is 0 Å². The minimum Gasteiger partial charge on any atom is -0.497 e. The summed E-state index contributed by atoms with van der Waals surface area (Å²) in [5.74, 6) is -0.0296. The fraction of sp³-hybridized carbons (Fsp3) is 0.440. The third-order valence-electron chi connectivity index (χ3n) is 5.56. The van der Waals surface area contributed by atoms with Crippen molar-refractivity contribution in [1.29, 1.82) is 0 Å². The van der Waals surface area contributed by atoms with E-state index < -0.39 is 28.5 Å².